The number of ether oxygens (including phenoxy) is 1. The van der Waals surface area contributed by atoms with Crippen molar-refractivity contribution in [3.8, 4) is 0 Å². The number of aromatic nitrogens is 4. The van der Waals surface area contributed by atoms with Crippen LogP contribution in [0.5, 0.6) is 0 Å². The number of fused-ring (bicyclic) bond motifs is 1. The summed E-state index contributed by atoms with van der Waals surface area (Å²) in [5.74, 6) is 0.368. The second-order valence-corrected chi connectivity index (χ2v) is 6.05. The topological polar surface area (TPSA) is 99.2 Å². The van der Waals surface area contributed by atoms with Gasteiger partial charge in [0.2, 0.25) is 0 Å². The summed E-state index contributed by atoms with van der Waals surface area (Å²) in [5, 5.41) is 5.49. The predicted molar refractivity (Wildman–Crippen MR) is 97.1 cm³/mol. The van der Waals surface area contributed by atoms with Crippen LogP contribution in [0.1, 0.15) is 38.8 Å². The van der Waals surface area contributed by atoms with Gasteiger partial charge in [0.25, 0.3) is 0 Å². The number of nitrogen functional groups attached to an aromatic ring is 1. The van der Waals surface area contributed by atoms with Crippen LogP contribution in [0.3, 0.4) is 0 Å². The van der Waals surface area contributed by atoms with Gasteiger partial charge in [0.1, 0.15) is 12.1 Å². The van der Waals surface area contributed by atoms with E-state index in [2.05, 4.69) is 33.9 Å². The molecule has 2 N–H and O–H groups in total. The lowest BCUT2D eigenvalue weighted by Gasteiger charge is -2.16. The normalized spacial score (nSPS) is 11.4. The van der Waals surface area contributed by atoms with Gasteiger partial charge >= 0.3 is 5.97 Å². The molecule has 2 aromatic rings. The van der Waals surface area contributed by atoms with Crippen LogP contribution in [-0.2, 0) is 22.5 Å². The summed E-state index contributed by atoms with van der Waals surface area (Å²) in [4.78, 5) is 22.0. The standard InChI is InChI=1S/C17H28N6O2/c1-4-13-15-16(18)19-12-20-17(15)23(21-13)11-7-10-22(3)9-6-8-14(24)25-5-2/h12H,4-11H2,1-3H3,(H2,18,19,20). The molecular formula is C17H28N6O2. The van der Waals surface area contributed by atoms with E-state index < -0.39 is 0 Å². The van der Waals surface area contributed by atoms with E-state index in [0.717, 1.165) is 55.6 Å². The molecule has 0 saturated heterocycles. The lowest BCUT2D eigenvalue weighted by atomic mass is 10.2. The Morgan fingerprint density at radius 2 is 2.04 bits per heavy atom. The maximum atomic E-state index is 11.3. The van der Waals surface area contributed by atoms with Crippen molar-refractivity contribution in [1.82, 2.24) is 24.6 Å². The van der Waals surface area contributed by atoms with Crippen LogP contribution in [0.15, 0.2) is 6.33 Å². The molecule has 0 amide bonds. The first-order valence-electron chi connectivity index (χ1n) is 8.86. The molecule has 0 atom stereocenters. The van der Waals surface area contributed by atoms with Crippen molar-refractivity contribution in [2.45, 2.75) is 46.1 Å². The summed E-state index contributed by atoms with van der Waals surface area (Å²) in [6.07, 6.45) is 4.51. The fraction of sp³-hybridized carbons (Fsp3) is 0.647. The molecule has 0 aliphatic rings. The number of esters is 1. The van der Waals surface area contributed by atoms with Crippen molar-refractivity contribution < 1.29 is 9.53 Å². The lowest BCUT2D eigenvalue weighted by molar-refractivity contribution is -0.143. The molecule has 138 valence electrons. The summed E-state index contributed by atoms with van der Waals surface area (Å²) in [6, 6.07) is 0. The van der Waals surface area contributed by atoms with Gasteiger partial charge in [-0.15, -0.1) is 0 Å². The van der Waals surface area contributed by atoms with E-state index in [0.29, 0.717) is 18.8 Å². The number of hydrogen-bond acceptors (Lipinski definition) is 7. The minimum absolute atomic E-state index is 0.122. The van der Waals surface area contributed by atoms with Crippen LogP contribution >= 0.6 is 0 Å². The summed E-state index contributed by atoms with van der Waals surface area (Å²) in [6.45, 7) is 6.89. The number of rotatable bonds is 10. The highest BCUT2D eigenvalue weighted by atomic mass is 16.5. The van der Waals surface area contributed by atoms with E-state index in [1.807, 2.05) is 11.6 Å². The van der Waals surface area contributed by atoms with Gasteiger partial charge in [0.05, 0.1) is 17.7 Å². The molecule has 0 aliphatic carbocycles. The Balaban J connectivity index is 1.83. The zero-order valence-corrected chi connectivity index (χ0v) is 15.4. The molecule has 0 radical (unpaired) electrons. The molecule has 0 fully saturated rings. The number of nitrogens with two attached hydrogens (primary N) is 1. The molecule has 8 nitrogen and oxygen atoms in total. The molecule has 0 aromatic carbocycles. The molecule has 0 bridgehead atoms. The van der Waals surface area contributed by atoms with Gasteiger partial charge in [-0.05, 0) is 46.3 Å². The fourth-order valence-electron chi connectivity index (χ4n) is 2.84. The average molecular weight is 348 g/mol. The summed E-state index contributed by atoms with van der Waals surface area (Å²) in [5.41, 5.74) is 7.71. The van der Waals surface area contributed by atoms with E-state index >= 15 is 0 Å². The molecule has 0 unspecified atom stereocenters. The highest BCUT2D eigenvalue weighted by molar-refractivity contribution is 5.88. The van der Waals surface area contributed by atoms with Gasteiger partial charge in [-0.1, -0.05) is 6.92 Å². The molecule has 0 aliphatic heterocycles. The van der Waals surface area contributed by atoms with Crippen molar-refractivity contribution in [2.75, 3.05) is 32.5 Å². The molecular weight excluding hydrogens is 320 g/mol. The Hall–Kier alpha value is -2.22. The van der Waals surface area contributed by atoms with Gasteiger partial charge in [-0.2, -0.15) is 5.10 Å². The third-order valence-corrected chi connectivity index (χ3v) is 4.10. The highest BCUT2D eigenvalue weighted by Crippen LogP contribution is 2.21. The highest BCUT2D eigenvalue weighted by Gasteiger charge is 2.14. The third kappa shape index (κ3) is 5.12. The van der Waals surface area contributed by atoms with Gasteiger partial charge in [-0.3, -0.25) is 4.79 Å². The molecule has 2 aromatic heterocycles. The van der Waals surface area contributed by atoms with Crippen LogP contribution in [0.25, 0.3) is 11.0 Å². The molecule has 25 heavy (non-hydrogen) atoms. The zero-order chi connectivity index (χ0) is 18.2. The number of nitrogens with zero attached hydrogens (tertiary/aromatic N) is 5. The monoisotopic (exact) mass is 348 g/mol. The molecule has 2 rings (SSSR count). The van der Waals surface area contributed by atoms with E-state index in [1.54, 1.807) is 0 Å². The summed E-state index contributed by atoms with van der Waals surface area (Å²) < 4.78 is 6.85. The smallest absolute Gasteiger partial charge is 0.305 e. The van der Waals surface area contributed by atoms with Crippen LogP contribution < -0.4 is 5.73 Å². The van der Waals surface area contributed by atoms with E-state index in [4.69, 9.17) is 10.5 Å². The summed E-state index contributed by atoms with van der Waals surface area (Å²) >= 11 is 0. The second-order valence-electron chi connectivity index (χ2n) is 6.05. The van der Waals surface area contributed by atoms with Gasteiger partial charge in [0.15, 0.2) is 5.65 Å². The maximum Gasteiger partial charge on any atom is 0.305 e. The minimum Gasteiger partial charge on any atom is -0.466 e. The van der Waals surface area contributed by atoms with Crippen molar-refractivity contribution in [3.63, 3.8) is 0 Å². The summed E-state index contributed by atoms with van der Waals surface area (Å²) in [7, 11) is 2.06. The zero-order valence-electron chi connectivity index (χ0n) is 15.4. The molecule has 8 heteroatoms. The van der Waals surface area contributed by atoms with Crippen molar-refractivity contribution >= 4 is 22.8 Å². The Kier molecular flexibility index (Phi) is 7.12. The first-order chi connectivity index (χ1) is 12.1. The molecule has 0 saturated carbocycles. The number of carbonyl (C=O) groups is 1. The average Bonchev–Trinajstić information content (AvgIpc) is 2.94. The van der Waals surface area contributed by atoms with Crippen LogP contribution in [0.2, 0.25) is 0 Å². The van der Waals surface area contributed by atoms with E-state index in [-0.39, 0.29) is 5.97 Å². The first kappa shape index (κ1) is 19.1. The SMILES string of the molecule is CCOC(=O)CCCN(C)CCCn1nc(CC)c2c(N)ncnc21. The Morgan fingerprint density at radius 1 is 1.28 bits per heavy atom. The van der Waals surface area contributed by atoms with Crippen molar-refractivity contribution in [2.24, 2.45) is 0 Å². The minimum atomic E-state index is -0.122. The third-order valence-electron chi connectivity index (χ3n) is 4.10. The van der Waals surface area contributed by atoms with E-state index in [9.17, 15) is 4.79 Å². The quantitative estimate of drug-likeness (QED) is 0.652. The Labute approximate surface area is 148 Å². The molecule has 2 heterocycles. The lowest BCUT2D eigenvalue weighted by Crippen LogP contribution is -2.23. The van der Waals surface area contributed by atoms with Gasteiger partial charge < -0.3 is 15.4 Å². The van der Waals surface area contributed by atoms with Gasteiger partial charge in [0, 0.05) is 13.0 Å². The maximum absolute atomic E-state index is 11.3. The van der Waals surface area contributed by atoms with Crippen LogP contribution in [-0.4, -0.2) is 57.4 Å². The Morgan fingerprint density at radius 3 is 2.76 bits per heavy atom. The van der Waals surface area contributed by atoms with Gasteiger partial charge in [-0.25, -0.2) is 14.6 Å². The number of carbonyl (C=O) groups excluding carboxylic acids is 1. The van der Waals surface area contributed by atoms with Crippen LogP contribution in [0.4, 0.5) is 5.82 Å². The fourth-order valence-corrected chi connectivity index (χ4v) is 2.84. The number of anilines is 1. The Bertz CT molecular complexity index is 700. The van der Waals surface area contributed by atoms with Crippen molar-refractivity contribution in [1.29, 1.82) is 0 Å². The van der Waals surface area contributed by atoms with Crippen LogP contribution in [0, 0.1) is 0 Å². The molecule has 0 spiro atoms. The number of hydrogen-bond donors (Lipinski definition) is 1. The largest absolute Gasteiger partial charge is 0.466 e. The van der Waals surface area contributed by atoms with Crippen molar-refractivity contribution in [3.05, 3.63) is 12.0 Å². The second kappa shape index (κ2) is 9.31. The first-order valence-corrected chi connectivity index (χ1v) is 8.86. The predicted octanol–water partition coefficient (Wildman–Crippen LogP) is 1.64. The number of aryl methyl sites for hydroxylation is 2. The van der Waals surface area contributed by atoms with E-state index in [1.165, 1.54) is 6.33 Å².